The Morgan fingerprint density at radius 3 is 1.89 bits per heavy atom. The van der Waals surface area contributed by atoms with Gasteiger partial charge in [-0.1, -0.05) is 60.1 Å². The van der Waals surface area contributed by atoms with Crippen LogP contribution in [-0.2, 0) is 38.3 Å². The minimum Gasteiger partial charge on any atom is -0.307 e. The minimum atomic E-state index is -4.05. The highest BCUT2D eigenvalue weighted by atomic mass is 35.5. The molecule has 2 unspecified atom stereocenters. The fourth-order valence-corrected chi connectivity index (χ4v) is 7.36. The molecule has 0 aliphatic heterocycles. The second kappa shape index (κ2) is 15.3. The molecule has 0 heterocycles. The summed E-state index contributed by atoms with van der Waals surface area (Å²) in [5.41, 5.74) is 1.81. The predicted molar refractivity (Wildman–Crippen MR) is 139 cm³/mol. The van der Waals surface area contributed by atoms with E-state index in [-0.39, 0.29) is 32.8 Å². The first-order valence-corrected chi connectivity index (χ1v) is 15.2. The first-order valence-electron chi connectivity index (χ1n) is 11.8. The summed E-state index contributed by atoms with van der Waals surface area (Å²) in [5, 5.41) is 3.99. The molecule has 35 heavy (non-hydrogen) atoms. The van der Waals surface area contributed by atoms with Crippen molar-refractivity contribution in [3.63, 3.8) is 0 Å². The van der Waals surface area contributed by atoms with E-state index in [1.807, 2.05) is 48.5 Å². The summed E-state index contributed by atoms with van der Waals surface area (Å²) in [5.74, 6) is -1.25. The molecule has 2 rings (SSSR count). The molecular weight excluding hydrogens is 512 g/mol. The molecule has 0 aromatic heterocycles. The van der Waals surface area contributed by atoms with E-state index in [1.165, 1.54) is 0 Å². The van der Waals surface area contributed by atoms with Crippen molar-refractivity contribution in [2.75, 3.05) is 26.4 Å². The first-order chi connectivity index (χ1) is 16.8. The number of nitrogens with one attached hydrogen (secondary N) is 1. The number of hydrogen-bond donors (Lipinski definition) is 1. The van der Waals surface area contributed by atoms with Gasteiger partial charge in [0.25, 0.3) is 0 Å². The quantitative estimate of drug-likeness (QED) is 0.205. The molecule has 0 saturated carbocycles. The van der Waals surface area contributed by atoms with Gasteiger partial charge in [0.1, 0.15) is 0 Å². The highest BCUT2D eigenvalue weighted by Crippen LogP contribution is 2.63. The molecule has 0 amide bonds. The Morgan fingerprint density at radius 1 is 0.800 bits per heavy atom. The van der Waals surface area contributed by atoms with Crippen LogP contribution in [0.1, 0.15) is 51.3 Å². The highest BCUT2D eigenvalue weighted by Gasteiger charge is 2.44. The topological polar surface area (TPSA) is 92.3 Å². The van der Waals surface area contributed by atoms with Gasteiger partial charge >= 0.3 is 15.4 Å². The zero-order valence-electron chi connectivity index (χ0n) is 20.7. The number of phosphoric acid groups is 1. The Bertz CT molecular complexity index is 959. The minimum absolute atomic E-state index is 0.0674. The number of phosphoric ester groups is 1. The molecular formula is C24H36ClNO7P2. The van der Waals surface area contributed by atoms with E-state index in [9.17, 15) is 9.13 Å². The van der Waals surface area contributed by atoms with Crippen LogP contribution in [0.3, 0.4) is 0 Å². The summed E-state index contributed by atoms with van der Waals surface area (Å²) in [6.07, 6.45) is 0.0674. The van der Waals surface area contributed by atoms with Gasteiger partial charge in [0.2, 0.25) is 0 Å². The normalized spacial score (nSPS) is 14.1. The van der Waals surface area contributed by atoms with E-state index in [4.69, 9.17) is 34.2 Å². The monoisotopic (exact) mass is 547 g/mol. The Kier molecular flexibility index (Phi) is 13.2. The number of rotatable bonds is 17. The Morgan fingerprint density at radius 2 is 1.34 bits per heavy atom. The lowest BCUT2D eigenvalue weighted by Crippen LogP contribution is -2.28. The molecule has 1 N–H and O–H groups in total. The fraction of sp³-hybridized carbons (Fsp3) is 0.500. The van der Waals surface area contributed by atoms with Crippen LogP contribution in [0, 0.1) is 0 Å². The van der Waals surface area contributed by atoms with Crippen LogP contribution >= 0.6 is 27.0 Å². The standard InChI is InChI=1S/C24H36ClNO7P2/c1-5-29-34(27,30-6-2)24(33-35(28,31-7-3)32-8-4)18-23(21-16-12-13-17-22(21)25)26-19-20-14-10-9-11-15-20/h9-17,23-24,26H,5-8,18-19H2,1-4H3. The van der Waals surface area contributed by atoms with E-state index in [2.05, 4.69) is 5.32 Å². The maximum absolute atomic E-state index is 13.9. The third-order valence-corrected chi connectivity index (χ3v) is 9.34. The van der Waals surface area contributed by atoms with Gasteiger partial charge in [0.15, 0.2) is 5.85 Å². The van der Waals surface area contributed by atoms with Crippen molar-refractivity contribution in [2.45, 2.75) is 52.5 Å². The van der Waals surface area contributed by atoms with E-state index < -0.39 is 27.3 Å². The molecule has 8 nitrogen and oxygen atoms in total. The Labute approximate surface area is 213 Å². The molecule has 2 atom stereocenters. The molecule has 0 bridgehead atoms. The van der Waals surface area contributed by atoms with Crippen LogP contribution in [0.5, 0.6) is 0 Å². The smallest absolute Gasteiger partial charge is 0.307 e. The number of hydrogen-bond acceptors (Lipinski definition) is 8. The summed E-state index contributed by atoms with van der Waals surface area (Å²) < 4.78 is 54.8. The molecule has 0 fully saturated rings. The SMILES string of the molecule is CCOP(=O)(OCC)OC(CC(NCc1ccccc1)c1ccccc1Cl)P(=O)(OCC)OCC. The van der Waals surface area contributed by atoms with Gasteiger partial charge in [-0.2, -0.15) is 0 Å². The van der Waals surface area contributed by atoms with Crippen molar-refractivity contribution in [3.8, 4) is 0 Å². The fourth-order valence-electron chi connectivity index (χ4n) is 3.47. The van der Waals surface area contributed by atoms with E-state index in [1.54, 1.807) is 33.8 Å². The molecule has 2 aromatic rings. The van der Waals surface area contributed by atoms with Gasteiger partial charge in [-0.25, -0.2) is 4.57 Å². The van der Waals surface area contributed by atoms with Crippen LogP contribution in [-0.4, -0.2) is 32.3 Å². The summed E-state index contributed by atoms with van der Waals surface area (Å²) in [4.78, 5) is 0. The lowest BCUT2D eigenvalue weighted by atomic mass is 10.0. The molecule has 0 spiro atoms. The van der Waals surface area contributed by atoms with Crippen LogP contribution in [0.15, 0.2) is 54.6 Å². The van der Waals surface area contributed by atoms with Crippen LogP contribution in [0.2, 0.25) is 5.02 Å². The third kappa shape index (κ3) is 9.40. The van der Waals surface area contributed by atoms with Gasteiger partial charge in [0.05, 0.1) is 26.4 Å². The maximum atomic E-state index is 13.9. The van der Waals surface area contributed by atoms with Gasteiger partial charge in [-0.3, -0.25) is 18.1 Å². The predicted octanol–water partition coefficient (Wildman–Crippen LogP) is 7.35. The Balaban J connectivity index is 2.46. The second-order valence-electron chi connectivity index (χ2n) is 7.39. The first kappa shape index (κ1) is 30.2. The zero-order valence-corrected chi connectivity index (χ0v) is 23.3. The molecule has 2 aromatic carbocycles. The van der Waals surface area contributed by atoms with Crippen molar-refractivity contribution in [1.29, 1.82) is 0 Å². The van der Waals surface area contributed by atoms with E-state index in [0.29, 0.717) is 11.6 Å². The zero-order chi connectivity index (χ0) is 25.7. The maximum Gasteiger partial charge on any atom is 0.475 e. The van der Waals surface area contributed by atoms with Crippen molar-refractivity contribution < 1.29 is 31.7 Å². The number of halogens is 1. The summed E-state index contributed by atoms with van der Waals surface area (Å²) in [7, 11) is -7.94. The average Bonchev–Trinajstić information content (AvgIpc) is 2.83. The van der Waals surface area contributed by atoms with Crippen molar-refractivity contribution in [1.82, 2.24) is 5.32 Å². The van der Waals surface area contributed by atoms with Crippen LogP contribution in [0.4, 0.5) is 0 Å². The van der Waals surface area contributed by atoms with Gasteiger partial charge in [0, 0.05) is 24.0 Å². The highest BCUT2D eigenvalue weighted by molar-refractivity contribution is 7.56. The largest absolute Gasteiger partial charge is 0.475 e. The molecule has 0 aliphatic rings. The molecule has 0 saturated heterocycles. The Hall–Kier alpha value is -1.05. The van der Waals surface area contributed by atoms with Crippen LogP contribution in [0.25, 0.3) is 0 Å². The van der Waals surface area contributed by atoms with Gasteiger partial charge < -0.3 is 14.4 Å². The van der Waals surface area contributed by atoms with E-state index in [0.717, 1.165) is 11.1 Å². The molecule has 0 aliphatic carbocycles. The molecule has 0 radical (unpaired) electrons. The van der Waals surface area contributed by atoms with Crippen molar-refractivity contribution >= 4 is 27.0 Å². The summed E-state index contributed by atoms with van der Waals surface area (Å²) in [6, 6.07) is 16.7. The lowest BCUT2D eigenvalue weighted by Gasteiger charge is -2.32. The van der Waals surface area contributed by atoms with Gasteiger partial charge in [-0.15, -0.1) is 0 Å². The van der Waals surface area contributed by atoms with Gasteiger partial charge in [-0.05, 0) is 44.9 Å². The van der Waals surface area contributed by atoms with Crippen molar-refractivity contribution in [2.24, 2.45) is 0 Å². The van der Waals surface area contributed by atoms with Crippen LogP contribution < -0.4 is 5.32 Å². The second-order valence-corrected chi connectivity index (χ2v) is 11.6. The van der Waals surface area contributed by atoms with Crippen molar-refractivity contribution in [3.05, 3.63) is 70.7 Å². The average molecular weight is 548 g/mol. The third-order valence-electron chi connectivity index (χ3n) is 4.91. The molecule has 196 valence electrons. The summed E-state index contributed by atoms with van der Waals surface area (Å²) in [6.45, 7) is 7.63. The van der Waals surface area contributed by atoms with E-state index >= 15 is 0 Å². The molecule has 11 heteroatoms. The lowest BCUT2D eigenvalue weighted by molar-refractivity contribution is 0.0821. The number of benzene rings is 2. The summed E-state index contributed by atoms with van der Waals surface area (Å²) >= 11 is 6.54.